The first-order valence-corrected chi connectivity index (χ1v) is 9.66. The molecule has 0 aliphatic carbocycles. The summed E-state index contributed by atoms with van der Waals surface area (Å²) in [6.07, 6.45) is 1.30. The van der Waals surface area contributed by atoms with Crippen LogP contribution < -0.4 is 5.73 Å². The lowest BCUT2D eigenvalue weighted by atomic mass is 10.1. The fraction of sp³-hybridized carbons (Fsp3) is 0.136. The van der Waals surface area contributed by atoms with Gasteiger partial charge in [-0.25, -0.2) is 19.0 Å². The number of phenolic OH excluding ortho intramolecular Hbond substituents is 1. The molecule has 2 heterocycles. The molecule has 2 aromatic carbocycles. The molecule has 4 rings (SSSR count). The van der Waals surface area contributed by atoms with Crippen LogP contribution in [0.5, 0.6) is 5.75 Å². The number of aromatic hydroxyl groups is 1. The standard InChI is InChI=1S/C22H18FN7O2/c23-16-7-6-15(12-17(16)31)19-18-20(25)26-13-27-21(18)30(28-19)11-10-29(9-8-24)22(32)14-4-2-1-3-5-14/h1-7,12-13,31H,9-11H2,(H2,25,26,27). The maximum absolute atomic E-state index is 13.5. The van der Waals surface area contributed by atoms with Crippen LogP contribution >= 0.6 is 0 Å². The van der Waals surface area contributed by atoms with E-state index in [4.69, 9.17) is 5.73 Å². The topological polar surface area (TPSA) is 134 Å². The van der Waals surface area contributed by atoms with Crippen molar-refractivity contribution in [3.05, 3.63) is 66.2 Å². The minimum Gasteiger partial charge on any atom is -0.505 e. The molecule has 0 fully saturated rings. The van der Waals surface area contributed by atoms with Crippen LogP contribution in [0.2, 0.25) is 0 Å². The number of phenols is 1. The van der Waals surface area contributed by atoms with Gasteiger partial charge in [0.1, 0.15) is 24.4 Å². The van der Waals surface area contributed by atoms with Crippen molar-refractivity contribution in [2.24, 2.45) is 0 Å². The Kier molecular flexibility index (Phi) is 5.63. The fourth-order valence-corrected chi connectivity index (χ4v) is 3.36. The fourth-order valence-electron chi connectivity index (χ4n) is 3.36. The first-order valence-electron chi connectivity index (χ1n) is 9.66. The number of aromatic nitrogens is 4. The molecule has 0 aliphatic heterocycles. The number of benzene rings is 2. The second-order valence-corrected chi connectivity index (χ2v) is 6.95. The summed E-state index contributed by atoms with van der Waals surface area (Å²) in [6, 6.07) is 14.5. The molecular weight excluding hydrogens is 413 g/mol. The number of nitriles is 1. The molecular formula is C22H18FN7O2. The van der Waals surface area contributed by atoms with E-state index in [1.54, 1.807) is 35.0 Å². The quantitative estimate of drug-likeness (QED) is 0.448. The van der Waals surface area contributed by atoms with Crippen molar-refractivity contribution in [1.82, 2.24) is 24.6 Å². The highest BCUT2D eigenvalue weighted by Gasteiger charge is 2.20. The lowest BCUT2D eigenvalue weighted by Gasteiger charge is -2.19. The lowest BCUT2D eigenvalue weighted by Crippen LogP contribution is -2.34. The second kappa shape index (κ2) is 8.69. The van der Waals surface area contributed by atoms with Crippen LogP contribution in [0.15, 0.2) is 54.9 Å². The van der Waals surface area contributed by atoms with Gasteiger partial charge in [0.25, 0.3) is 5.91 Å². The average Bonchev–Trinajstić information content (AvgIpc) is 3.18. The van der Waals surface area contributed by atoms with Gasteiger partial charge in [-0.2, -0.15) is 10.4 Å². The summed E-state index contributed by atoms with van der Waals surface area (Å²) in [7, 11) is 0. The largest absolute Gasteiger partial charge is 0.505 e. The highest BCUT2D eigenvalue weighted by Crippen LogP contribution is 2.32. The summed E-state index contributed by atoms with van der Waals surface area (Å²) in [5.41, 5.74) is 7.75. The number of hydrogen-bond donors (Lipinski definition) is 2. The molecule has 0 bridgehead atoms. The number of carbonyl (C=O) groups is 1. The Morgan fingerprint density at radius 2 is 2.00 bits per heavy atom. The molecule has 0 aliphatic rings. The Balaban J connectivity index is 1.68. The summed E-state index contributed by atoms with van der Waals surface area (Å²) in [4.78, 5) is 22.5. The Hall–Kier alpha value is -4.52. The molecule has 0 radical (unpaired) electrons. The van der Waals surface area contributed by atoms with Gasteiger partial charge in [-0.1, -0.05) is 18.2 Å². The van der Waals surface area contributed by atoms with E-state index in [9.17, 15) is 19.6 Å². The number of amides is 1. The van der Waals surface area contributed by atoms with Gasteiger partial charge in [-0.05, 0) is 30.3 Å². The number of halogens is 1. The molecule has 0 saturated carbocycles. The summed E-state index contributed by atoms with van der Waals surface area (Å²) in [5, 5.41) is 23.9. The van der Waals surface area contributed by atoms with Crippen molar-refractivity contribution < 1.29 is 14.3 Å². The van der Waals surface area contributed by atoms with Crippen molar-refractivity contribution in [3.8, 4) is 23.1 Å². The molecule has 3 N–H and O–H groups in total. The second-order valence-electron chi connectivity index (χ2n) is 6.95. The number of hydrogen-bond acceptors (Lipinski definition) is 7. The maximum atomic E-state index is 13.5. The van der Waals surface area contributed by atoms with E-state index < -0.39 is 11.6 Å². The van der Waals surface area contributed by atoms with Crippen molar-refractivity contribution in [1.29, 1.82) is 5.26 Å². The zero-order valence-electron chi connectivity index (χ0n) is 16.8. The third-order valence-electron chi connectivity index (χ3n) is 4.93. The third kappa shape index (κ3) is 3.91. The number of nitrogen functional groups attached to an aromatic ring is 1. The third-order valence-corrected chi connectivity index (χ3v) is 4.93. The maximum Gasteiger partial charge on any atom is 0.254 e. The molecule has 0 unspecified atom stereocenters. The van der Waals surface area contributed by atoms with Crippen LogP contribution in [0, 0.1) is 17.1 Å². The molecule has 1 amide bonds. The van der Waals surface area contributed by atoms with E-state index in [2.05, 4.69) is 15.1 Å². The van der Waals surface area contributed by atoms with Crippen molar-refractivity contribution >= 4 is 22.8 Å². The molecule has 0 atom stereocenters. The minimum atomic E-state index is -0.756. The first kappa shape index (κ1) is 20.7. The Bertz CT molecular complexity index is 1330. The average molecular weight is 431 g/mol. The number of nitrogens with two attached hydrogens (primary N) is 1. The van der Waals surface area contributed by atoms with Gasteiger partial charge in [0.15, 0.2) is 17.2 Å². The van der Waals surface area contributed by atoms with Crippen LogP contribution in [-0.4, -0.2) is 48.8 Å². The molecule has 2 aromatic heterocycles. The zero-order valence-corrected chi connectivity index (χ0v) is 16.8. The predicted octanol–water partition coefficient (Wildman–Crippen LogP) is 2.59. The molecule has 32 heavy (non-hydrogen) atoms. The Morgan fingerprint density at radius 1 is 1.22 bits per heavy atom. The van der Waals surface area contributed by atoms with E-state index >= 15 is 0 Å². The summed E-state index contributed by atoms with van der Waals surface area (Å²) < 4.78 is 15.1. The zero-order chi connectivity index (χ0) is 22.7. The van der Waals surface area contributed by atoms with Gasteiger partial charge >= 0.3 is 0 Å². The Morgan fingerprint density at radius 3 is 2.72 bits per heavy atom. The van der Waals surface area contributed by atoms with Crippen LogP contribution in [0.4, 0.5) is 10.2 Å². The molecule has 10 heteroatoms. The summed E-state index contributed by atoms with van der Waals surface area (Å²) in [5.74, 6) is -1.38. The molecule has 160 valence electrons. The Labute approximate surface area is 182 Å². The van der Waals surface area contributed by atoms with Crippen LogP contribution in [0.25, 0.3) is 22.3 Å². The van der Waals surface area contributed by atoms with Crippen LogP contribution in [0.3, 0.4) is 0 Å². The van der Waals surface area contributed by atoms with Crippen LogP contribution in [-0.2, 0) is 6.54 Å². The summed E-state index contributed by atoms with van der Waals surface area (Å²) >= 11 is 0. The van der Waals surface area contributed by atoms with E-state index in [1.807, 2.05) is 6.07 Å². The van der Waals surface area contributed by atoms with Gasteiger partial charge in [-0.3, -0.25) is 4.79 Å². The van der Waals surface area contributed by atoms with E-state index in [1.165, 1.54) is 23.4 Å². The van der Waals surface area contributed by atoms with E-state index in [0.717, 1.165) is 6.07 Å². The van der Waals surface area contributed by atoms with Gasteiger partial charge in [0.05, 0.1) is 18.0 Å². The van der Waals surface area contributed by atoms with Gasteiger partial charge in [0, 0.05) is 17.7 Å². The van der Waals surface area contributed by atoms with Crippen molar-refractivity contribution in [3.63, 3.8) is 0 Å². The van der Waals surface area contributed by atoms with E-state index in [-0.39, 0.29) is 31.4 Å². The van der Waals surface area contributed by atoms with Crippen molar-refractivity contribution in [2.75, 3.05) is 18.8 Å². The number of carbonyl (C=O) groups excluding carboxylic acids is 1. The summed E-state index contributed by atoms with van der Waals surface area (Å²) in [6.45, 7) is 0.319. The lowest BCUT2D eigenvalue weighted by molar-refractivity contribution is 0.0770. The minimum absolute atomic E-state index is 0.0945. The van der Waals surface area contributed by atoms with Gasteiger partial charge in [-0.15, -0.1) is 0 Å². The molecule has 0 saturated heterocycles. The first-order chi connectivity index (χ1) is 15.5. The molecule has 0 spiro atoms. The number of anilines is 1. The SMILES string of the molecule is N#CCN(CCn1nc(-c2ccc(F)c(O)c2)c2c(N)ncnc21)C(=O)c1ccccc1. The normalized spacial score (nSPS) is 10.8. The predicted molar refractivity (Wildman–Crippen MR) is 115 cm³/mol. The van der Waals surface area contributed by atoms with Crippen LogP contribution in [0.1, 0.15) is 10.4 Å². The monoisotopic (exact) mass is 431 g/mol. The van der Waals surface area contributed by atoms with E-state index in [0.29, 0.717) is 27.9 Å². The van der Waals surface area contributed by atoms with Gasteiger partial charge in [0.2, 0.25) is 0 Å². The molecule has 9 nitrogen and oxygen atoms in total. The number of nitrogens with zero attached hydrogens (tertiary/aromatic N) is 6. The highest BCUT2D eigenvalue weighted by atomic mass is 19.1. The number of rotatable bonds is 6. The van der Waals surface area contributed by atoms with Crippen molar-refractivity contribution in [2.45, 2.75) is 6.54 Å². The smallest absolute Gasteiger partial charge is 0.254 e. The van der Waals surface area contributed by atoms with Gasteiger partial charge < -0.3 is 15.7 Å². The number of fused-ring (bicyclic) bond motifs is 1. The highest BCUT2D eigenvalue weighted by molar-refractivity contribution is 5.98. The molecule has 4 aromatic rings.